The summed E-state index contributed by atoms with van der Waals surface area (Å²) in [5.74, 6) is -3.61. The molecule has 44 heavy (non-hydrogen) atoms. The Morgan fingerprint density at radius 3 is 2.39 bits per heavy atom. The molecule has 1 fully saturated rings. The van der Waals surface area contributed by atoms with Gasteiger partial charge in [0.1, 0.15) is 13.2 Å². The fraction of sp³-hybridized carbons (Fsp3) is 0.593. The number of hydrogen-bond donors (Lipinski definition) is 4. The molecule has 0 spiro atoms. The van der Waals surface area contributed by atoms with Gasteiger partial charge in [0.25, 0.3) is 5.91 Å². The van der Waals surface area contributed by atoms with Crippen LogP contribution in [0, 0.1) is 11.3 Å². The van der Waals surface area contributed by atoms with Gasteiger partial charge in [-0.15, -0.1) is 9.05 Å². The van der Waals surface area contributed by atoms with Crippen LogP contribution >= 0.6 is 8.17 Å². The summed E-state index contributed by atoms with van der Waals surface area (Å²) in [6.07, 6.45) is -3.65. The maximum atomic E-state index is 13.0. The number of benzene rings is 1. The number of carbonyl (C=O) groups excluding carboxylic acids is 4. The second kappa shape index (κ2) is 16.0. The predicted molar refractivity (Wildman–Crippen MR) is 153 cm³/mol. The molecular formula is C27H41N3O13P+. The van der Waals surface area contributed by atoms with Crippen molar-refractivity contribution in [2.45, 2.75) is 59.4 Å². The Morgan fingerprint density at radius 2 is 1.82 bits per heavy atom. The van der Waals surface area contributed by atoms with Crippen LogP contribution in [0.25, 0.3) is 0 Å². The summed E-state index contributed by atoms with van der Waals surface area (Å²) in [6.45, 7) is 6.30. The zero-order valence-corrected chi connectivity index (χ0v) is 26.5. The van der Waals surface area contributed by atoms with Crippen molar-refractivity contribution in [3.05, 3.63) is 35.9 Å². The maximum Gasteiger partial charge on any atom is 0.576 e. The van der Waals surface area contributed by atoms with E-state index in [1.54, 1.807) is 44.2 Å². The van der Waals surface area contributed by atoms with Crippen LogP contribution < -0.4 is 10.6 Å². The number of esters is 1. The number of nitrogens with zero attached hydrogens (tertiary/aromatic N) is 1. The van der Waals surface area contributed by atoms with E-state index in [0.717, 1.165) is 4.90 Å². The van der Waals surface area contributed by atoms with E-state index in [1.165, 1.54) is 27.9 Å². The maximum absolute atomic E-state index is 13.0. The van der Waals surface area contributed by atoms with Crippen molar-refractivity contribution in [2.75, 3.05) is 33.6 Å². The molecule has 3 amide bonds. The summed E-state index contributed by atoms with van der Waals surface area (Å²) in [5.41, 5.74) is -2.54. The Kier molecular flexibility index (Phi) is 13.3. The minimum Gasteiger partial charge on any atom is -0.478 e. The molecule has 1 saturated heterocycles. The lowest BCUT2D eigenvalue weighted by atomic mass is 9.87. The number of alkyl carbamates (subject to hydrolysis) is 1. The fourth-order valence-corrected chi connectivity index (χ4v) is 5.71. The van der Waals surface area contributed by atoms with Crippen LogP contribution in [0.3, 0.4) is 0 Å². The molecule has 246 valence electrons. The summed E-state index contributed by atoms with van der Waals surface area (Å²) in [6, 6.07) is 8.74. The molecule has 0 aliphatic carbocycles. The molecule has 0 saturated carbocycles. The summed E-state index contributed by atoms with van der Waals surface area (Å²) in [5, 5.41) is 14.9. The molecule has 0 aromatic heterocycles. The van der Waals surface area contributed by atoms with Gasteiger partial charge in [0, 0.05) is 24.4 Å². The SMILES string of the molecule is CCN(C(=O)OCc1ccccc1)[C@](NC(=O)OCO[P+]1(O)OCC(C)(C)[C@H](C(=O)NCCC(=O)OC)O1)(C(=O)O)C(C)C. The quantitative estimate of drug-likeness (QED) is 0.0993. The van der Waals surface area contributed by atoms with E-state index >= 15 is 0 Å². The number of carboxylic acid groups (broad SMARTS) is 1. The lowest BCUT2D eigenvalue weighted by Gasteiger charge is -2.42. The molecule has 1 unspecified atom stereocenters. The second-order valence-electron chi connectivity index (χ2n) is 10.6. The van der Waals surface area contributed by atoms with Gasteiger partial charge in [-0.3, -0.25) is 19.8 Å². The van der Waals surface area contributed by atoms with Crippen molar-refractivity contribution < 1.29 is 61.8 Å². The Morgan fingerprint density at radius 1 is 1.16 bits per heavy atom. The molecule has 4 N–H and O–H groups in total. The first kappa shape index (κ1) is 36.6. The van der Waals surface area contributed by atoms with Gasteiger partial charge in [-0.05, 0) is 12.5 Å². The highest BCUT2D eigenvalue weighted by molar-refractivity contribution is 7.55. The number of hydrogen-bond acceptors (Lipinski definition) is 12. The third-order valence-electron chi connectivity index (χ3n) is 6.67. The highest BCUT2D eigenvalue weighted by Crippen LogP contribution is 2.63. The number of aliphatic carboxylic acids is 1. The van der Waals surface area contributed by atoms with E-state index in [2.05, 4.69) is 15.4 Å². The van der Waals surface area contributed by atoms with Crippen molar-refractivity contribution in [2.24, 2.45) is 11.3 Å². The number of carbonyl (C=O) groups is 5. The van der Waals surface area contributed by atoms with Crippen LogP contribution in [-0.2, 0) is 48.8 Å². The molecule has 1 aliphatic heterocycles. The number of amides is 3. The van der Waals surface area contributed by atoms with Gasteiger partial charge in [0.05, 0.1) is 13.5 Å². The molecule has 1 aromatic carbocycles. The van der Waals surface area contributed by atoms with E-state index in [4.69, 9.17) is 23.0 Å². The highest BCUT2D eigenvalue weighted by Gasteiger charge is 2.60. The number of carboxylic acids is 1. The average Bonchev–Trinajstić information content (AvgIpc) is 2.97. The summed E-state index contributed by atoms with van der Waals surface area (Å²) < 4.78 is 30.8. The smallest absolute Gasteiger partial charge is 0.478 e. The monoisotopic (exact) mass is 646 g/mol. The number of nitrogens with one attached hydrogen (secondary N) is 2. The third kappa shape index (κ3) is 9.47. The lowest BCUT2D eigenvalue weighted by Crippen LogP contribution is -2.70. The van der Waals surface area contributed by atoms with Gasteiger partial charge in [-0.2, -0.15) is 9.42 Å². The van der Waals surface area contributed by atoms with Gasteiger partial charge >= 0.3 is 32.3 Å². The first-order chi connectivity index (χ1) is 20.6. The third-order valence-corrected chi connectivity index (χ3v) is 8.03. The molecule has 0 bridgehead atoms. The first-order valence-corrected chi connectivity index (χ1v) is 15.2. The Hall–Kier alpha value is -3.56. The van der Waals surface area contributed by atoms with E-state index in [-0.39, 0.29) is 32.7 Å². The fourth-order valence-electron chi connectivity index (χ4n) is 4.18. The van der Waals surface area contributed by atoms with Gasteiger partial charge in [-0.25, -0.2) is 14.4 Å². The number of ether oxygens (including phenoxy) is 3. The van der Waals surface area contributed by atoms with Crippen molar-refractivity contribution in [1.82, 2.24) is 15.5 Å². The largest absolute Gasteiger partial charge is 0.576 e. The standard InChI is InChI=1S/C27H40N3O13P/c1-7-30(25(36)39-15-19-11-9-8-10-12-19)27(18(2)3,23(33)34)29-24(35)40-17-42-44(37)41-16-26(4,5)21(43-44)22(32)28-14-13-20(31)38-6/h8-12,18,21,37H,7,13-17H2,1-6H3,(H2-,28,29,32,33,34,35)/p+1/t21-,27-,44?/m0/s1. The molecule has 3 atom stereocenters. The van der Waals surface area contributed by atoms with Gasteiger partial charge < -0.3 is 24.6 Å². The van der Waals surface area contributed by atoms with Crippen LogP contribution in [0.2, 0.25) is 0 Å². The Balaban J connectivity index is 2.06. The highest BCUT2D eigenvalue weighted by atomic mass is 31.2. The van der Waals surface area contributed by atoms with Crippen molar-refractivity contribution >= 4 is 38.2 Å². The lowest BCUT2D eigenvalue weighted by molar-refractivity contribution is -0.157. The van der Waals surface area contributed by atoms with Crippen LogP contribution in [0.4, 0.5) is 9.59 Å². The number of likely N-dealkylation sites (N-methyl/N-ethyl adjacent to an activating group) is 1. The minimum absolute atomic E-state index is 0.0426. The van der Waals surface area contributed by atoms with Gasteiger partial charge in [0.2, 0.25) is 12.5 Å². The number of rotatable bonds is 14. The minimum atomic E-state index is -4.19. The molecular weight excluding hydrogens is 605 g/mol. The van der Waals surface area contributed by atoms with Crippen molar-refractivity contribution in [3.63, 3.8) is 0 Å². The predicted octanol–water partition coefficient (Wildman–Crippen LogP) is 2.57. The zero-order valence-electron chi connectivity index (χ0n) is 25.6. The molecule has 1 aromatic rings. The summed E-state index contributed by atoms with van der Waals surface area (Å²) >= 11 is 0. The Bertz CT molecular complexity index is 1170. The van der Waals surface area contributed by atoms with Crippen LogP contribution in [0.1, 0.15) is 46.6 Å². The molecule has 0 radical (unpaired) electrons. The van der Waals surface area contributed by atoms with E-state index in [1.807, 2.05) is 0 Å². The van der Waals surface area contributed by atoms with Crippen molar-refractivity contribution in [3.8, 4) is 0 Å². The van der Waals surface area contributed by atoms with E-state index in [0.29, 0.717) is 5.56 Å². The molecule has 17 heteroatoms. The topological polar surface area (TPSA) is 208 Å². The molecule has 1 heterocycles. The molecule has 2 rings (SSSR count). The first-order valence-electron chi connectivity index (χ1n) is 13.7. The van der Waals surface area contributed by atoms with E-state index < -0.39 is 68.1 Å². The summed E-state index contributed by atoms with van der Waals surface area (Å²) in [7, 11) is -2.98. The van der Waals surface area contributed by atoms with Gasteiger partial charge in [-0.1, -0.05) is 58.0 Å². The van der Waals surface area contributed by atoms with Crippen LogP contribution in [-0.4, -0.2) is 90.3 Å². The van der Waals surface area contributed by atoms with Crippen LogP contribution in [0.15, 0.2) is 30.3 Å². The molecule has 16 nitrogen and oxygen atoms in total. The van der Waals surface area contributed by atoms with E-state index in [9.17, 15) is 34.0 Å². The summed E-state index contributed by atoms with van der Waals surface area (Å²) in [4.78, 5) is 74.0. The zero-order chi connectivity index (χ0) is 33.1. The van der Waals surface area contributed by atoms with Crippen molar-refractivity contribution in [1.29, 1.82) is 0 Å². The second-order valence-corrected chi connectivity index (χ2v) is 12.3. The number of methoxy groups -OCH3 is 1. The molecule has 1 aliphatic rings. The van der Waals surface area contributed by atoms with Gasteiger partial charge in [0.15, 0.2) is 6.10 Å². The van der Waals surface area contributed by atoms with Crippen LogP contribution in [0.5, 0.6) is 0 Å². The normalized spacial score (nSPS) is 20.5. The Labute approximate surface area is 255 Å². The average molecular weight is 647 g/mol.